The molecule has 82 valence electrons. The van der Waals surface area contributed by atoms with Gasteiger partial charge in [0.2, 0.25) is 0 Å². The summed E-state index contributed by atoms with van der Waals surface area (Å²) in [6, 6.07) is 6.58. The molecule has 15 heavy (non-hydrogen) atoms. The van der Waals surface area contributed by atoms with Crippen LogP contribution in [0.4, 0.5) is 4.39 Å². The van der Waals surface area contributed by atoms with Crippen molar-refractivity contribution in [2.24, 2.45) is 0 Å². The van der Waals surface area contributed by atoms with E-state index in [-0.39, 0.29) is 11.9 Å². The van der Waals surface area contributed by atoms with Gasteiger partial charge in [0.1, 0.15) is 5.82 Å². The standard InChI is InChI=1S/C12H16FNO/c13-11-4-1-3-10(7-11)9-15-12-5-2-6-14-8-12/h1,3-4,7,12,14H,2,5-6,8-9H2. The lowest BCUT2D eigenvalue weighted by Gasteiger charge is -2.23. The van der Waals surface area contributed by atoms with Crippen molar-refractivity contribution in [3.8, 4) is 0 Å². The molecule has 0 radical (unpaired) electrons. The molecule has 0 aromatic heterocycles. The lowest BCUT2D eigenvalue weighted by Crippen LogP contribution is -2.35. The van der Waals surface area contributed by atoms with Crippen molar-refractivity contribution in [1.29, 1.82) is 0 Å². The monoisotopic (exact) mass is 209 g/mol. The average Bonchev–Trinajstić information content (AvgIpc) is 2.28. The Morgan fingerprint density at radius 1 is 1.47 bits per heavy atom. The second kappa shape index (κ2) is 5.24. The molecular formula is C12H16FNO. The minimum atomic E-state index is -0.196. The molecule has 1 aliphatic heterocycles. The van der Waals surface area contributed by atoms with Gasteiger partial charge in [0.15, 0.2) is 0 Å². The molecule has 2 rings (SSSR count). The predicted octanol–water partition coefficient (Wildman–Crippen LogP) is 2.09. The van der Waals surface area contributed by atoms with E-state index >= 15 is 0 Å². The van der Waals surface area contributed by atoms with E-state index in [1.165, 1.54) is 12.1 Å². The van der Waals surface area contributed by atoms with Crippen molar-refractivity contribution in [3.63, 3.8) is 0 Å². The van der Waals surface area contributed by atoms with Gasteiger partial charge in [0.25, 0.3) is 0 Å². The maximum absolute atomic E-state index is 12.9. The fraction of sp³-hybridized carbons (Fsp3) is 0.500. The minimum Gasteiger partial charge on any atom is -0.372 e. The molecule has 0 saturated carbocycles. The topological polar surface area (TPSA) is 21.3 Å². The first-order valence-corrected chi connectivity index (χ1v) is 5.41. The number of benzene rings is 1. The van der Waals surface area contributed by atoms with E-state index in [9.17, 15) is 4.39 Å². The van der Waals surface area contributed by atoms with Crippen LogP contribution in [0.1, 0.15) is 18.4 Å². The quantitative estimate of drug-likeness (QED) is 0.823. The Morgan fingerprint density at radius 2 is 2.40 bits per heavy atom. The molecule has 1 heterocycles. The van der Waals surface area contributed by atoms with E-state index in [1.54, 1.807) is 6.07 Å². The van der Waals surface area contributed by atoms with Gasteiger partial charge in [-0.2, -0.15) is 0 Å². The first-order valence-electron chi connectivity index (χ1n) is 5.41. The van der Waals surface area contributed by atoms with Gasteiger partial charge >= 0.3 is 0 Å². The van der Waals surface area contributed by atoms with Crippen LogP contribution in [0.2, 0.25) is 0 Å². The summed E-state index contributed by atoms with van der Waals surface area (Å²) in [5.74, 6) is -0.196. The molecular weight excluding hydrogens is 193 g/mol. The SMILES string of the molecule is Fc1cccc(COC2CCCNC2)c1. The summed E-state index contributed by atoms with van der Waals surface area (Å²) in [5, 5.41) is 3.28. The second-order valence-electron chi connectivity index (χ2n) is 3.91. The molecule has 1 atom stereocenters. The molecule has 1 saturated heterocycles. The minimum absolute atomic E-state index is 0.196. The fourth-order valence-corrected chi connectivity index (χ4v) is 1.80. The highest BCUT2D eigenvalue weighted by Gasteiger charge is 2.12. The van der Waals surface area contributed by atoms with Gasteiger partial charge in [0, 0.05) is 6.54 Å². The lowest BCUT2D eigenvalue weighted by molar-refractivity contribution is 0.0252. The molecule has 1 aliphatic rings. The number of rotatable bonds is 3. The van der Waals surface area contributed by atoms with Crippen LogP contribution in [0.25, 0.3) is 0 Å². The van der Waals surface area contributed by atoms with Crippen molar-refractivity contribution in [2.75, 3.05) is 13.1 Å². The van der Waals surface area contributed by atoms with Crippen LogP contribution in [-0.4, -0.2) is 19.2 Å². The van der Waals surface area contributed by atoms with Crippen LogP contribution < -0.4 is 5.32 Å². The molecule has 0 spiro atoms. The zero-order chi connectivity index (χ0) is 10.5. The normalized spacial score (nSPS) is 21.5. The largest absolute Gasteiger partial charge is 0.372 e. The number of hydrogen-bond acceptors (Lipinski definition) is 2. The van der Waals surface area contributed by atoms with Crippen LogP contribution in [0.3, 0.4) is 0 Å². The molecule has 1 aromatic rings. The highest BCUT2D eigenvalue weighted by Crippen LogP contribution is 2.10. The average molecular weight is 209 g/mol. The summed E-state index contributed by atoms with van der Waals surface area (Å²) < 4.78 is 18.6. The molecule has 1 aromatic carbocycles. The van der Waals surface area contributed by atoms with Crippen LogP contribution >= 0.6 is 0 Å². The highest BCUT2D eigenvalue weighted by molar-refractivity contribution is 5.15. The lowest BCUT2D eigenvalue weighted by atomic mass is 10.1. The maximum Gasteiger partial charge on any atom is 0.123 e. The number of halogens is 1. The number of nitrogens with one attached hydrogen (secondary N) is 1. The predicted molar refractivity (Wildman–Crippen MR) is 57.1 cm³/mol. The first kappa shape index (κ1) is 10.6. The van der Waals surface area contributed by atoms with Crippen LogP contribution in [0, 0.1) is 5.82 Å². The van der Waals surface area contributed by atoms with Gasteiger partial charge in [-0.05, 0) is 37.1 Å². The van der Waals surface area contributed by atoms with Crippen LogP contribution in [-0.2, 0) is 11.3 Å². The third kappa shape index (κ3) is 3.29. The van der Waals surface area contributed by atoms with Crippen LogP contribution in [0.15, 0.2) is 24.3 Å². The van der Waals surface area contributed by atoms with E-state index < -0.39 is 0 Å². The maximum atomic E-state index is 12.9. The molecule has 0 bridgehead atoms. The molecule has 3 heteroatoms. The Bertz CT molecular complexity index is 310. The summed E-state index contributed by atoms with van der Waals surface area (Å²) in [6.45, 7) is 2.50. The molecule has 0 aliphatic carbocycles. The van der Waals surface area contributed by atoms with Gasteiger partial charge in [-0.3, -0.25) is 0 Å². The second-order valence-corrected chi connectivity index (χ2v) is 3.91. The molecule has 2 nitrogen and oxygen atoms in total. The van der Waals surface area contributed by atoms with Crippen molar-refractivity contribution in [2.45, 2.75) is 25.6 Å². The van der Waals surface area contributed by atoms with Crippen molar-refractivity contribution >= 4 is 0 Å². The van der Waals surface area contributed by atoms with Crippen molar-refractivity contribution in [3.05, 3.63) is 35.6 Å². The van der Waals surface area contributed by atoms with Crippen molar-refractivity contribution in [1.82, 2.24) is 5.32 Å². The third-order valence-electron chi connectivity index (χ3n) is 2.63. The first-order chi connectivity index (χ1) is 7.34. The molecule has 1 fully saturated rings. The van der Waals surface area contributed by atoms with Crippen LogP contribution in [0.5, 0.6) is 0 Å². The van der Waals surface area contributed by atoms with Gasteiger partial charge in [-0.1, -0.05) is 12.1 Å². The Balaban J connectivity index is 1.81. The van der Waals surface area contributed by atoms with Gasteiger partial charge < -0.3 is 10.1 Å². The summed E-state index contributed by atoms with van der Waals surface area (Å²) in [5.41, 5.74) is 0.903. The molecule has 1 N–H and O–H groups in total. The number of hydrogen-bond donors (Lipinski definition) is 1. The fourth-order valence-electron chi connectivity index (χ4n) is 1.80. The number of piperidine rings is 1. The van der Waals surface area contributed by atoms with E-state index in [4.69, 9.17) is 4.74 Å². The molecule has 1 unspecified atom stereocenters. The summed E-state index contributed by atoms with van der Waals surface area (Å²) in [4.78, 5) is 0. The zero-order valence-corrected chi connectivity index (χ0v) is 8.71. The van der Waals surface area contributed by atoms with E-state index in [1.807, 2.05) is 6.07 Å². The van der Waals surface area contributed by atoms with E-state index in [0.717, 1.165) is 31.5 Å². The third-order valence-corrected chi connectivity index (χ3v) is 2.63. The zero-order valence-electron chi connectivity index (χ0n) is 8.71. The van der Waals surface area contributed by atoms with E-state index in [2.05, 4.69) is 5.32 Å². The van der Waals surface area contributed by atoms with E-state index in [0.29, 0.717) is 6.61 Å². The van der Waals surface area contributed by atoms with Gasteiger partial charge in [-0.15, -0.1) is 0 Å². The Kier molecular flexibility index (Phi) is 3.69. The summed E-state index contributed by atoms with van der Waals surface area (Å²) >= 11 is 0. The highest BCUT2D eigenvalue weighted by atomic mass is 19.1. The van der Waals surface area contributed by atoms with Crippen molar-refractivity contribution < 1.29 is 9.13 Å². The number of ether oxygens (including phenoxy) is 1. The molecule has 0 amide bonds. The van der Waals surface area contributed by atoms with Gasteiger partial charge in [0.05, 0.1) is 12.7 Å². The Hall–Kier alpha value is -0.930. The summed E-state index contributed by atoms with van der Waals surface area (Å²) in [6.07, 6.45) is 2.54. The van der Waals surface area contributed by atoms with Gasteiger partial charge in [-0.25, -0.2) is 4.39 Å². The smallest absolute Gasteiger partial charge is 0.123 e. The Morgan fingerprint density at radius 3 is 3.13 bits per heavy atom. The summed E-state index contributed by atoms with van der Waals surface area (Å²) in [7, 11) is 0. The Labute approximate surface area is 89.4 Å².